The Labute approximate surface area is 109 Å². The van der Waals surface area contributed by atoms with Gasteiger partial charge in [-0.3, -0.25) is 0 Å². The van der Waals surface area contributed by atoms with Gasteiger partial charge in [0.05, 0.1) is 0 Å². The van der Waals surface area contributed by atoms with E-state index < -0.39 is 0 Å². The molecule has 0 heteroatoms. The molecule has 0 radical (unpaired) electrons. The second-order valence-electron chi connectivity index (χ2n) is 4.41. The second kappa shape index (κ2) is 6.02. The Morgan fingerprint density at radius 1 is 0.611 bits per heavy atom. The first-order valence-electron chi connectivity index (χ1n) is 6.25. The van der Waals surface area contributed by atoms with Crippen molar-refractivity contribution < 1.29 is 0 Å². The summed E-state index contributed by atoms with van der Waals surface area (Å²) in [7, 11) is 0. The SMILES string of the molecule is C/C=C\c1ccc(/C=C\c2ccc(C)cc2)cc1. The van der Waals surface area contributed by atoms with E-state index in [1.165, 1.54) is 22.3 Å². The van der Waals surface area contributed by atoms with E-state index in [9.17, 15) is 0 Å². The lowest BCUT2D eigenvalue weighted by Crippen LogP contribution is -1.76. The van der Waals surface area contributed by atoms with Crippen LogP contribution < -0.4 is 0 Å². The van der Waals surface area contributed by atoms with Crippen LogP contribution in [-0.4, -0.2) is 0 Å². The molecular weight excluding hydrogens is 216 g/mol. The number of allylic oxidation sites excluding steroid dienone is 1. The van der Waals surface area contributed by atoms with E-state index in [1.807, 2.05) is 6.92 Å². The number of aryl methyl sites for hydroxylation is 1. The third kappa shape index (κ3) is 3.46. The monoisotopic (exact) mass is 234 g/mol. The van der Waals surface area contributed by atoms with Crippen molar-refractivity contribution in [1.29, 1.82) is 0 Å². The Morgan fingerprint density at radius 3 is 1.44 bits per heavy atom. The van der Waals surface area contributed by atoms with Crippen molar-refractivity contribution in [3.63, 3.8) is 0 Å². The summed E-state index contributed by atoms with van der Waals surface area (Å²) in [6.07, 6.45) is 8.44. The highest BCUT2D eigenvalue weighted by atomic mass is 13.9. The zero-order chi connectivity index (χ0) is 12.8. The smallest absolute Gasteiger partial charge is 0.0256 e. The minimum Gasteiger partial charge on any atom is -0.0871 e. The molecule has 2 rings (SSSR count). The topological polar surface area (TPSA) is 0 Å². The normalized spacial score (nSPS) is 11.4. The molecule has 0 bridgehead atoms. The van der Waals surface area contributed by atoms with Gasteiger partial charge < -0.3 is 0 Å². The van der Waals surface area contributed by atoms with Crippen LogP contribution in [0.1, 0.15) is 29.2 Å². The van der Waals surface area contributed by atoms with Crippen molar-refractivity contribution in [2.24, 2.45) is 0 Å². The summed E-state index contributed by atoms with van der Waals surface area (Å²) in [6, 6.07) is 17.1. The molecule has 90 valence electrons. The molecule has 0 heterocycles. The van der Waals surface area contributed by atoms with E-state index in [1.54, 1.807) is 0 Å². The Bertz CT molecular complexity index is 540. The van der Waals surface area contributed by atoms with Crippen LogP contribution in [-0.2, 0) is 0 Å². The lowest BCUT2D eigenvalue weighted by Gasteiger charge is -1.97. The van der Waals surface area contributed by atoms with Gasteiger partial charge in [0.2, 0.25) is 0 Å². The van der Waals surface area contributed by atoms with Gasteiger partial charge in [-0.05, 0) is 30.5 Å². The maximum absolute atomic E-state index is 2.14. The minimum absolute atomic E-state index is 1.23. The fourth-order valence-electron chi connectivity index (χ4n) is 1.78. The highest BCUT2D eigenvalue weighted by Gasteiger charge is 1.89. The van der Waals surface area contributed by atoms with Gasteiger partial charge in [-0.25, -0.2) is 0 Å². The van der Waals surface area contributed by atoms with Crippen LogP contribution in [0.15, 0.2) is 54.6 Å². The van der Waals surface area contributed by atoms with Gasteiger partial charge in [0.25, 0.3) is 0 Å². The fraction of sp³-hybridized carbons (Fsp3) is 0.111. The van der Waals surface area contributed by atoms with E-state index >= 15 is 0 Å². The first-order valence-corrected chi connectivity index (χ1v) is 6.25. The Hall–Kier alpha value is -2.08. The van der Waals surface area contributed by atoms with E-state index in [-0.39, 0.29) is 0 Å². The van der Waals surface area contributed by atoms with Crippen molar-refractivity contribution in [3.05, 3.63) is 76.9 Å². The molecule has 0 aromatic heterocycles. The molecule has 18 heavy (non-hydrogen) atoms. The Balaban J connectivity index is 2.11. The molecular formula is C18H18. The third-order valence-corrected chi connectivity index (χ3v) is 2.84. The maximum atomic E-state index is 2.14. The summed E-state index contributed by atoms with van der Waals surface area (Å²) in [5, 5.41) is 0. The first-order chi connectivity index (χ1) is 8.78. The molecule has 0 spiro atoms. The molecule has 0 aliphatic carbocycles. The van der Waals surface area contributed by atoms with Crippen LogP contribution in [0.5, 0.6) is 0 Å². The second-order valence-corrected chi connectivity index (χ2v) is 4.41. The number of hydrogen-bond donors (Lipinski definition) is 0. The van der Waals surface area contributed by atoms with Crippen LogP contribution >= 0.6 is 0 Å². The van der Waals surface area contributed by atoms with E-state index in [2.05, 4.69) is 79.8 Å². The molecule has 0 saturated carbocycles. The van der Waals surface area contributed by atoms with E-state index in [4.69, 9.17) is 0 Å². The Morgan fingerprint density at radius 2 is 1.00 bits per heavy atom. The lowest BCUT2D eigenvalue weighted by atomic mass is 10.1. The highest BCUT2D eigenvalue weighted by Crippen LogP contribution is 2.11. The molecule has 0 aliphatic heterocycles. The lowest BCUT2D eigenvalue weighted by molar-refractivity contribution is 1.46. The van der Waals surface area contributed by atoms with Crippen LogP contribution in [0.25, 0.3) is 18.2 Å². The number of hydrogen-bond acceptors (Lipinski definition) is 0. The third-order valence-electron chi connectivity index (χ3n) is 2.84. The van der Waals surface area contributed by atoms with Crippen LogP contribution in [0, 0.1) is 6.92 Å². The first kappa shape index (κ1) is 12.4. The van der Waals surface area contributed by atoms with Crippen LogP contribution in [0.2, 0.25) is 0 Å². The van der Waals surface area contributed by atoms with Crippen molar-refractivity contribution >= 4 is 18.2 Å². The maximum Gasteiger partial charge on any atom is -0.0256 e. The fourth-order valence-corrected chi connectivity index (χ4v) is 1.78. The van der Waals surface area contributed by atoms with Crippen LogP contribution in [0.3, 0.4) is 0 Å². The van der Waals surface area contributed by atoms with Gasteiger partial charge in [-0.15, -0.1) is 0 Å². The van der Waals surface area contributed by atoms with Gasteiger partial charge in [0, 0.05) is 0 Å². The molecule has 0 saturated heterocycles. The summed E-state index contributed by atoms with van der Waals surface area (Å²) >= 11 is 0. The van der Waals surface area contributed by atoms with Gasteiger partial charge in [-0.1, -0.05) is 78.4 Å². The quantitative estimate of drug-likeness (QED) is 0.640. The zero-order valence-corrected chi connectivity index (χ0v) is 10.9. The predicted octanol–water partition coefficient (Wildman–Crippen LogP) is 5.20. The largest absolute Gasteiger partial charge is 0.0871 e. The average molecular weight is 234 g/mol. The summed E-state index contributed by atoms with van der Waals surface area (Å²) in [5.74, 6) is 0. The predicted molar refractivity (Wildman–Crippen MR) is 81.3 cm³/mol. The molecule has 0 N–H and O–H groups in total. The summed E-state index contributed by atoms with van der Waals surface area (Å²) in [6.45, 7) is 4.14. The van der Waals surface area contributed by atoms with Gasteiger partial charge >= 0.3 is 0 Å². The molecule has 0 fully saturated rings. The Kier molecular flexibility index (Phi) is 4.14. The van der Waals surface area contributed by atoms with Crippen molar-refractivity contribution in [3.8, 4) is 0 Å². The molecule has 0 aliphatic rings. The number of benzene rings is 2. The molecule has 0 amide bonds. The standard InChI is InChI=1S/C18H18/c1-3-4-16-9-11-18(12-10-16)14-13-17-7-5-15(2)6-8-17/h3-14H,1-2H3/b4-3-,14-13-. The molecule has 0 atom stereocenters. The van der Waals surface area contributed by atoms with Gasteiger partial charge in [0.1, 0.15) is 0 Å². The number of rotatable bonds is 3. The molecule has 2 aromatic carbocycles. The minimum atomic E-state index is 1.23. The molecule has 0 unspecified atom stereocenters. The van der Waals surface area contributed by atoms with Crippen molar-refractivity contribution in [2.45, 2.75) is 13.8 Å². The molecule has 0 nitrogen and oxygen atoms in total. The zero-order valence-electron chi connectivity index (χ0n) is 10.9. The summed E-state index contributed by atoms with van der Waals surface area (Å²) in [4.78, 5) is 0. The summed E-state index contributed by atoms with van der Waals surface area (Å²) < 4.78 is 0. The van der Waals surface area contributed by atoms with E-state index in [0.29, 0.717) is 0 Å². The summed E-state index contributed by atoms with van der Waals surface area (Å²) in [5.41, 5.74) is 5.00. The molecule has 2 aromatic rings. The van der Waals surface area contributed by atoms with Crippen molar-refractivity contribution in [2.75, 3.05) is 0 Å². The van der Waals surface area contributed by atoms with Gasteiger partial charge in [0.15, 0.2) is 0 Å². The average Bonchev–Trinajstić information content (AvgIpc) is 2.40. The van der Waals surface area contributed by atoms with Crippen molar-refractivity contribution in [1.82, 2.24) is 0 Å². The van der Waals surface area contributed by atoms with Gasteiger partial charge in [-0.2, -0.15) is 0 Å². The highest BCUT2D eigenvalue weighted by molar-refractivity contribution is 5.70. The van der Waals surface area contributed by atoms with Crippen LogP contribution in [0.4, 0.5) is 0 Å². The van der Waals surface area contributed by atoms with E-state index in [0.717, 1.165) is 0 Å².